The van der Waals surface area contributed by atoms with E-state index in [-0.39, 0.29) is 18.0 Å². The van der Waals surface area contributed by atoms with E-state index in [1.54, 1.807) is 0 Å². The lowest BCUT2D eigenvalue weighted by atomic mass is 9.83. The quantitative estimate of drug-likeness (QED) is 0.671. The van der Waals surface area contributed by atoms with Crippen LogP contribution in [0.3, 0.4) is 0 Å². The van der Waals surface area contributed by atoms with Gasteiger partial charge in [0.15, 0.2) is 5.72 Å². The first-order chi connectivity index (χ1) is 10.2. The summed E-state index contributed by atoms with van der Waals surface area (Å²) in [4.78, 5) is 17.8. The Kier molecular flexibility index (Phi) is 2.06. The fraction of sp³-hybridized carbons (Fsp3) is 0.438. The van der Waals surface area contributed by atoms with E-state index in [2.05, 4.69) is 16.4 Å². The third-order valence-electron chi connectivity index (χ3n) is 5.31. The molecule has 5 rings (SSSR count). The van der Waals surface area contributed by atoms with Crippen molar-refractivity contribution in [3.05, 3.63) is 35.5 Å². The van der Waals surface area contributed by atoms with Crippen LogP contribution >= 0.6 is 0 Å². The number of nitrogens with one attached hydrogen (secondary N) is 2. The number of aromatic nitrogens is 1. The van der Waals surface area contributed by atoms with Crippen LogP contribution in [0, 0.1) is 0 Å². The van der Waals surface area contributed by atoms with Gasteiger partial charge in [-0.3, -0.25) is 10.1 Å². The lowest BCUT2D eigenvalue weighted by molar-refractivity contribution is -0.163. The van der Waals surface area contributed by atoms with Crippen LogP contribution < -0.4 is 5.32 Å². The largest absolute Gasteiger partial charge is 0.368 e. The molecule has 2 saturated heterocycles. The van der Waals surface area contributed by atoms with E-state index in [0.29, 0.717) is 6.42 Å². The first-order valence-corrected chi connectivity index (χ1v) is 7.59. The summed E-state index contributed by atoms with van der Waals surface area (Å²) in [6.45, 7) is 0.763. The summed E-state index contributed by atoms with van der Waals surface area (Å²) in [6.07, 6.45) is 2.45. The maximum atomic E-state index is 12.6. The Balaban J connectivity index is 1.79. The monoisotopic (exact) mass is 283 g/mol. The zero-order chi connectivity index (χ0) is 14.2. The highest BCUT2D eigenvalue weighted by atomic mass is 16.3. The molecule has 1 amide bonds. The number of aliphatic hydroxyl groups is 1. The Morgan fingerprint density at radius 3 is 3.10 bits per heavy atom. The van der Waals surface area contributed by atoms with E-state index >= 15 is 0 Å². The number of rotatable bonds is 0. The van der Waals surface area contributed by atoms with Crippen molar-refractivity contribution in [2.75, 3.05) is 6.54 Å². The number of benzene rings is 1. The molecule has 3 aliphatic heterocycles. The molecular formula is C16H17N3O2. The molecule has 0 unspecified atom stereocenters. The Labute approximate surface area is 121 Å². The third kappa shape index (κ3) is 1.31. The second-order valence-corrected chi connectivity index (χ2v) is 6.38. The average molecular weight is 283 g/mol. The van der Waals surface area contributed by atoms with E-state index in [9.17, 15) is 9.90 Å². The predicted octanol–water partition coefficient (Wildman–Crippen LogP) is 0.832. The number of para-hydroxylation sites is 1. The molecule has 5 nitrogen and oxygen atoms in total. The highest BCUT2D eigenvalue weighted by Crippen LogP contribution is 2.43. The molecule has 0 radical (unpaired) electrons. The summed E-state index contributed by atoms with van der Waals surface area (Å²) >= 11 is 0. The first kappa shape index (κ1) is 11.8. The number of nitrogens with zero attached hydrogens (tertiary/aromatic N) is 1. The Bertz CT molecular complexity index is 768. The van der Waals surface area contributed by atoms with Gasteiger partial charge < -0.3 is 15.0 Å². The van der Waals surface area contributed by atoms with Gasteiger partial charge in [-0.2, -0.15) is 0 Å². The van der Waals surface area contributed by atoms with Crippen LogP contribution in [0.4, 0.5) is 0 Å². The fourth-order valence-electron chi connectivity index (χ4n) is 4.41. The predicted molar refractivity (Wildman–Crippen MR) is 77.6 cm³/mol. The van der Waals surface area contributed by atoms with Gasteiger partial charge in [0.25, 0.3) is 0 Å². The minimum absolute atomic E-state index is 0.137. The van der Waals surface area contributed by atoms with Crippen molar-refractivity contribution >= 4 is 16.8 Å². The van der Waals surface area contributed by atoms with E-state index in [0.717, 1.165) is 41.5 Å². The molecule has 0 spiro atoms. The van der Waals surface area contributed by atoms with Gasteiger partial charge in [-0.15, -0.1) is 0 Å². The molecule has 2 fully saturated rings. The standard InChI is InChI=1S/C16H17N3O2/c20-15-12-8-10-9-4-1-2-5-11(9)17-14(10)16(21,18-12)13-6-3-7-19(13)15/h1-2,4-5,12-13,17-18,21H,3,6-8H2/t12-,13+,16+/m1/s1. The van der Waals surface area contributed by atoms with E-state index in [1.807, 2.05) is 23.1 Å². The lowest BCUT2D eigenvalue weighted by Gasteiger charge is -2.50. The molecule has 0 saturated carbocycles. The summed E-state index contributed by atoms with van der Waals surface area (Å²) in [6, 6.07) is 7.61. The van der Waals surface area contributed by atoms with Gasteiger partial charge in [0.05, 0.1) is 17.8 Å². The molecular weight excluding hydrogens is 266 g/mol. The lowest BCUT2D eigenvalue weighted by Crippen LogP contribution is -2.71. The molecule has 1 aromatic heterocycles. The van der Waals surface area contributed by atoms with Crippen LogP contribution in [0.15, 0.2) is 24.3 Å². The Morgan fingerprint density at radius 1 is 1.33 bits per heavy atom. The van der Waals surface area contributed by atoms with Crippen molar-refractivity contribution in [3.63, 3.8) is 0 Å². The summed E-state index contributed by atoms with van der Waals surface area (Å²) in [5.74, 6) is 0.137. The van der Waals surface area contributed by atoms with Crippen molar-refractivity contribution < 1.29 is 9.90 Å². The van der Waals surface area contributed by atoms with Crippen LogP contribution in [0.1, 0.15) is 24.1 Å². The maximum absolute atomic E-state index is 12.6. The molecule has 21 heavy (non-hydrogen) atoms. The van der Waals surface area contributed by atoms with Gasteiger partial charge in [-0.1, -0.05) is 18.2 Å². The van der Waals surface area contributed by atoms with Crippen LogP contribution in [0.5, 0.6) is 0 Å². The summed E-state index contributed by atoms with van der Waals surface area (Å²) < 4.78 is 0. The summed E-state index contributed by atoms with van der Waals surface area (Å²) in [5.41, 5.74) is 1.84. The number of hydrogen-bond donors (Lipinski definition) is 3. The van der Waals surface area contributed by atoms with Gasteiger partial charge >= 0.3 is 0 Å². The van der Waals surface area contributed by atoms with Crippen LogP contribution in [0.2, 0.25) is 0 Å². The molecule has 5 heteroatoms. The normalized spacial score (nSPS) is 34.1. The second-order valence-electron chi connectivity index (χ2n) is 6.38. The Morgan fingerprint density at radius 2 is 2.19 bits per heavy atom. The number of fused-ring (bicyclic) bond motifs is 8. The number of piperazine rings is 1. The average Bonchev–Trinajstić information content (AvgIpc) is 3.11. The van der Waals surface area contributed by atoms with E-state index in [1.165, 1.54) is 0 Å². The molecule has 0 aliphatic carbocycles. The van der Waals surface area contributed by atoms with Crippen LogP contribution in [-0.2, 0) is 16.9 Å². The molecule has 1 aromatic carbocycles. The number of amides is 1. The fourth-order valence-corrected chi connectivity index (χ4v) is 4.41. The van der Waals surface area contributed by atoms with Crippen molar-refractivity contribution in [1.29, 1.82) is 0 Å². The van der Waals surface area contributed by atoms with E-state index < -0.39 is 5.72 Å². The number of hydrogen-bond acceptors (Lipinski definition) is 3. The van der Waals surface area contributed by atoms with Gasteiger partial charge in [-0.25, -0.2) is 0 Å². The van der Waals surface area contributed by atoms with Gasteiger partial charge in [0.1, 0.15) is 0 Å². The van der Waals surface area contributed by atoms with Crippen molar-refractivity contribution in [1.82, 2.24) is 15.2 Å². The molecule has 4 heterocycles. The molecule has 3 N–H and O–H groups in total. The Hall–Kier alpha value is -1.85. The maximum Gasteiger partial charge on any atom is 0.240 e. The van der Waals surface area contributed by atoms with Crippen molar-refractivity contribution in [3.8, 4) is 0 Å². The zero-order valence-corrected chi connectivity index (χ0v) is 11.6. The minimum atomic E-state index is -1.14. The highest BCUT2D eigenvalue weighted by Gasteiger charge is 2.57. The summed E-state index contributed by atoms with van der Waals surface area (Å²) in [5, 5.41) is 15.6. The zero-order valence-electron chi connectivity index (χ0n) is 11.6. The summed E-state index contributed by atoms with van der Waals surface area (Å²) in [7, 11) is 0. The third-order valence-corrected chi connectivity index (χ3v) is 5.31. The topological polar surface area (TPSA) is 68.4 Å². The highest BCUT2D eigenvalue weighted by molar-refractivity contribution is 5.90. The number of aromatic amines is 1. The molecule has 3 atom stereocenters. The number of carbonyl (C=O) groups excluding carboxylic acids is 1. The number of carbonyl (C=O) groups is 1. The molecule has 3 aliphatic rings. The van der Waals surface area contributed by atoms with Crippen molar-refractivity contribution in [2.45, 2.75) is 37.1 Å². The SMILES string of the molecule is O=C1[C@H]2Cc3c([nH]c4ccccc34)[C@](O)(N2)[C@@H]2CCCN12. The van der Waals surface area contributed by atoms with Crippen LogP contribution in [-0.4, -0.2) is 39.5 Å². The number of H-pyrrole nitrogens is 1. The van der Waals surface area contributed by atoms with Crippen molar-refractivity contribution in [2.24, 2.45) is 0 Å². The smallest absolute Gasteiger partial charge is 0.240 e. The van der Waals surface area contributed by atoms with Gasteiger partial charge in [-0.05, 0) is 30.9 Å². The molecule has 2 aromatic rings. The van der Waals surface area contributed by atoms with Gasteiger partial charge in [0, 0.05) is 17.4 Å². The van der Waals surface area contributed by atoms with E-state index in [4.69, 9.17) is 0 Å². The minimum Gasteiger partial charge on any atom is -0.368 e. The molecule has 2 bridgehead atoms. The molecule has 108 valence electrons. The van der Waals surface area contributed by atoms with Gasteiger partial charge in [0.2, 0.25) is 5.91 Å². The van der Waals surface area contributed by atoms with Crippen LogP contribution in [0.25, 0.3) is 10.9 Å². The second kappa shape index (κ2) is 3.67. The first-order valence-electron chi connectivity index (χ1n) is 7.59.